The lowest BCUT2D eigenvalue weighted by atomic mass is 10.1. The van der Waals surface area contributed by atoms with Gasteiger partial charge in [0, 0.05) is 5.92 Å². The fraction of sp³-hybridized carbons (Fsp3) is 0.273. The predicted molar refractivity (Wildman–Crippen MR) is 65.6 cm³/mol. The molecule has 1 aliphatic carbocycles. The van der Waals surface area contributed by atoms with Gasteiger partial charge in [-0.2, -0.15) is 5.10 Å². The van der Waals surface area contributed by atoms with Crippen LogP contribution in [-0.4, -0.2) is 10.8 Å². The number of thiocarbonyl (C=S) groups is 1. The Balaban J connectivity index is 2.22. The van der Waals surface area contributed by atoms with Crippen molar-refractivity contribution in [1.29, 1.82) is 0 Å². The molecule has 1 aromatic carbocycles. The second kappa shape index (κ2) is 4.57. The van der Waals surface area contributed by atoms with Gasteiger partial charge in [0.2, 0.25) is 0 Å². The Kier molecular flexibility index (Phi) is 3.14. The van der Waals surface area contributed by atoms with Crippen LogP contribution in [0.2, 0.25) is 0 Å². The van der Waals surface area contributed by atoms with E-state index in [-0.39, 0.29) is 10.9 Å². The van der Waals surface area contributed by atoms with E-state index in [9.17, 15) is 4.39 Å². The molecule has 0 radical (unpaired) electrons. The number of nitrogens with two attached hydrogens (primary N) is 1. The molecule has 0 heterocycles. The highest BCUT2D eigenvalue weighted by molar-refractivity contribution is 7.80. The molecule has 3 N–H and O–H groups in total. The largest absolute Gasteiger partial charge is 0.375 e. The summed E-state index contributed by atoms with van der Waals surface area (Å²) in [4.78, 5) is 0. The lowest BCUT2D eigenvalue weighted by molar-refractivity contribution is 0.627. The summed E-state index contributed by atoms with van der Waals surface area (Å²) >= 11 is 4.69. The first-order valence-electron chi connectivity index (χ1n) is 5.06. The molecule has 0 unspecified atom stereocenters. The minimum Gasteiger partial charge on any atom is -0.375 e. The van der Waals surface area contributed by atoms with Crippen LogP contribution in [0, 0.1) is 11.7 Å². The molecule has 2 rings (SSSR count). The van der Waals surface area contributed by atoms with Gasteiger partial charge < -0.3 is 5.73 Å². The molecule has 0 atom stereocenters. The van der Waals surface area contributed by atoms with Gasteiger partial charge in [-0.1, -0.05) is 12.1 Å². The molecule has 0 spiro atoms. The van der Waals surface area contributed by atoms with Crippen LogP contribution in [0.25, 0.3) is 0 Å². The van der Waals surface area contributed by atoms with E-state index in [1.54, 1.807) is 12.1 Å². The average molecular weight is 237 g/mol. The smallest absolute Gasteiger partial charge is 0.184 e. The maximum absolute atomic E-state index is 12.8. The zero-order valence-corrected chi connectivity index (χ0v) is 9.43. The van der Waals surface area contributed by atoms with Crippen molar-refractivity contribution in [3.8, 4) is 0 Å². The van der Waals surface area contributed by atoms with Gasteiger partial charge in [0.05, 0.1) is 5.71 Å². The van der Waals surface area contributed by atoms with Crippen molar-refractivity contribution >= 4 is 23.0 Å². The summed E-state index contributed by atoms with van der Waals surface area (Å²) in [6.45, 7) is 0. The van der Waals surface area contributed by atoms with Gasteiger partial charge >= 0.3 is 0 Å². The number of nitrogens with zero attached hydrogens (tertiary/aromatic N) is 1. The molecule has 1 saturated carbocycles. The summed E-state index contributed by atoms with van der Waals surface area (Å²) in [6, 6.07) is 6.28. The Labute approximate surface area is 98.5 Å². The van der Waals surface area contributed by atoms with Crippen LogP contribution in [0.1, 0.15) is 18.4 Å². The van der Waals surface area contributed by atoms with Crippen LogP contribution in [0.15, 0.2) is 29.4 Å². The molecule has 1 aliphatic rings. The minimum absolute atomic E-state index is 0.139. The summed E-state index contributed by atoms with van der Waals surface area (Å²) in [7, 11) is 0. The standard InChI is InChI=1S/C11H12FN3S/c12-9-5-3-8(4-6-9)10(7-1-2-7)14-15-11(13)16/h3-7H,1-2H2,(H3,13,15,16)/b14-10+. The van der Waals surface area contributed by atoms with Gasteiger partial charge in [-0.15, -0.1) is 0 Å². The molecule has 0 bridgehead atoms. The number of hydrogen-bond donors (Lipinski definition) is 2. The van der Waals surface area contributed by atoms with E-state index in [2.05, 4.69) is 10.5 Å². The number of hydrogen-bond acceptors (Lipinski definition) is 2. The Morgan fingerprint density at radius 2 is 2.00 bits per heavy atom. The van der Waals surface area contributed by atoms with Gasteiger partial charge in [-0.05, 0) is 42.8 Å². The van der Waals surface area contributed by atoms with Crippen molar-refractivity contribution in [2.24, 2.45) is 16.8 Å². The number of benzene rings is 1. The Morgan fingerprint density at radius 1 is 1.38 bits per heavy atom. The van der Waals surface area contributed by atoms with Crippen molar-refractivity contribution in [3.05, 3.63) is 35.6 Å². The van der Waals surface area contributed by atoms with E-state index in [1.807, 2.05) is 0 Å². The summed E-state index contributed by atoms with van der Waals surface area (Å²) < 4.78 is 12.8. The zero-order valence-electron chi connectivity index (χ0n) is 8.61. The fourth-order valence-electron chi connectivity index (χ4n) is 1.48. The molecule has 3 nitrogen and oxygen atoms in total. The van der Waals surface area contributed by atoms with E-state index < -0.39 is 0 Å². The summed E-state index contributed by atoms with van der Waals surface area (Å²) in [6.07, 6.45) is 2.21. The zero-order chi connectivity index (χ0) is 11.5. The first kappa shape index (κ1) is 11.0. The number of rotatable bonds is 3. The Bertz CT molecular complexity index is 423. The lowest BCUT2D eigenvalue weighted by Crippen LogP contribution is -2.26. The molecule has 0 amide bonds. The molecule has 0 aromatic heterocycles. The third-order valence-corrected chi connectivity index (χ3v) is 2.48. The van der Waals surface area contributed by atoms with E-state index in [1.165, 1.54) is 12.1 Å². The van der Waals surface area contributed by atoms with Crippen LogP contribution in [0.3, 0.4) is 0 Å². The SMILES string of the molecule is NC(=S)N/N=C(/c1ccc(F)cc1)C1CC1. The van der Waals surface area contributed by atoms with Gasteiger partial charge in [-0.3, -0.25) is 5.43 Å². The van der Waals surface area contributed by atoms with Crippen LogP contribution in [-0.2, 0) is 0 Å². The van der Waals surface area contributed by atoms with E-state index in [0.717, 1.165) is 24.1 Å². The lowest BCUT2D eigenvalue weighted by Gasteiger charge is -2.05. The van der Waals surface area contributed by atoms with E-state index >= 15 is 0 Å². The molecule has 0 aliphatic heterocycles. The topological polar surface area (TPSA) is 50.4 Å². The third-order valence-electron chi connectivity index (χ3n) is 2.39. The van der Waals surface area contributed by atoms with Crippen molar-refractivity contribution < 1.29 is 4.39 Å². The fourth-order valence-corrected chi connectivity index (χ4v) is 1.53. The molecular weight excluding hydrogens is 225 g/mol. The van der Waals surface area contributed by atoms with Crippen LogP contribution in [0.5, 0.6) is 0 Å². The van der Waals surface area contributed by atoms with Gasteiger partial charge in [-0.25, -0.2) is 4.39 Å². The normalized spacial score (nSPS) is 15.9. The van der Waals surface area contributed by atoms with Gasteiger partial charge in [0.1, 0.15) is 5.82 Å². The second-order valence-corrected chi connectivity index (χ2v) is 4.19. The van der Waals surface area contributed by atoms with E-state index in [4.69, 9.17) is 18.0 Å². The van der Waals surface area contributed by atoms with Crippen molar-refractivity contribution in [3.63, 3.8) is 0 Å². The molecule has 16 heavy (non-hydrogen) atoms. The summed E-state index contributed by atoms with van der Waals surface area (Å²) in [5.74, 6) is 0.188. The first-order valence-corrected chi connectivity index (χ1v) is 5.46. The molecule has 0 saturated heterocycles. The number of halogens is 1. The molecule has 84 valence electrons. The second-order valence-electron chi connectivity index (χ2n) is 3.75. The van der Waals surface area contributed by atoms with Gasteiger partial charge in [0.25, 0.3) is 0 Å². The quantitative estimate of drug-likeness (QED) is 0.478. The average Bonchev–Trinajstić information content (AvgIpc) is 3.04. The van der Waals surface area contributed by atoms with Crippen molar-refractivity contribution in [2.45, 2.75) is 12.8 Å². The predicted octanol–water partition coefficient (Wildman–Crippen LogP) is 1.77. The van der Waals surface area contributed by atoms with Crippen molar-refractivity contribution in [1.82, 2.24) is 5.43 Å². The first-order chi connectivity index (χ1) is 7.66. The Morgan fingerprint density at radius 3 is 2.50 bits per heavy atom. The van der Waals surface area contributed by atoms with Crippen LogP contribution >= 0.6 is 12.2 Å². The van der Waals surface area contributed by atoms with Crippen LogP contribution < -0.4 is 11.2 Å². The third kappa shape index (κ3) is 2.76. The highest BCUT2D eigenvalue weighted by Crippen LogP contribution is 2.33. The summed E-state index contributed by atoms with van der Waals surface area (Å²) in [5, 5.41) is 4.30. The number of hydrazone groups is 1. The monoisotopic (exact) mass is 237 g/mol. The Hall–Kier alpha value is -1.49. The highest BCUT2D eigenvalue weighted by Gasteiger charge is 2.28. The summed E-state index contributed by atoms with van der Waals surface area (Å²) in [5.41, 5.74) is 9.71. The van der Waals surface area contributed by atoms with Crippen LogP contribution in [0.4, 0.5) is 4.39 Å². The molecule has 1 fully saturated rings. The number of nitrogens with one attached hydrogen (secondary N) is 1. The maximum atomic E-state index is 12.8. The maximum Gasteiger partial charge on any atom is 0.184 e. The highest BCUT2D eigenvalue weighted by atomic mass is 32.1. The molecular formula is C11H12FN3S. The van der Waals surface area contributed by atoms with Crippen molar-refractivity contribution in [2.75, 3.05) is 0 Å². The van der Waals surface area contributed by atoms with E-state index in [0.29, 0.717) is 5.92 Å². The molecule has 5 heteroatoms. The van der Waals surface area contributed by atoms with Gasteiger partial charge in [0.15, 0.2) is 5.11 Å². The molecule has 1 aromatic rings. The minimum atomic E-state index is -0.249.